The molecule has 1 heterocycles. The van der Waals surface area contributed by atoms with Gasteiger partial charge in [-0.25, -0.2) is 0 Å². The third kappa shape index (κ3) is 3.58. The smallest absolute Gasteiger partial charge is 0.270 e. The highest BCUT2D eigenvalue weighted by Gasteiger charge is 2.33. The number of benzene rings is 2. The van der Waals surface area contributed by atoms with Crippen molar-refractivity contribution in [2.45, 2.75) is 0 Å². The number of halogens is 1. The summed E-state index contributed by atoms with van der Waals surface area (Å²) in [5, 5.41) is 10.3. The van der Waals surface area contributed by atoms with E-state index >= 15 is 0 Å². The van der Waals surface area contributed by atoms with Gasteiger partial charge >= 0.3 is 0 Å². The maximum absolute atomic E-state index is 12.8. The van der Waals surface area contributed by atoms with Gasteiger partial charge in [0.1, 0.15) is 5.75 Å². The standard InChI is InChI=1S/C18H14BrNO4S2/c1-23-13-5-3-12(4-6-13)20-17(22)15(26-18(20)25)8-10-7-11(19)9-14(24-2)16(10)21/h3-9,21H,1-2H3. The Morgan fingerprint density at radius 3 is 2.50 bits per heavy atom. The highest BCUT2D eigenvalue weighted by atomic mass is 79.9. The van der Waals surface area contributed by atoms with Gasteiger partial charge in [-0.15, -0.1) is 0 Å². The van der Waals surface area contributed by atoms with E-state index in [-0.39, 0.29) is 11.7 Å². The second kappa shape index (κ2) is 7.69. The summed E-state index contributed by atoms with van der Waals surface area (Å²) in [6, 6.07) is 10.4. The second-order valence-corrected chi connectivity index (χ2v) is 7.85. The van der Waals surface area contributed by atoms with Crippen LogP contribution in [0.3, 0.4) is 0 Å². The van der Waals surface area contributed by atoms with Crippen LogP contribution in [-0.2, 0) is 4.79 Å². The zero-order valence-electron chi connectivity index (χ0n) is 13.9. The number of ether oxygens (including phenoxy) is 2. The van der Waals surface area contributed by atoms with Crippen molar-refractivity contribution < 1.29 is 19.4 Å². The van der Waals surface area contributed by atoms with Crippen molar-refractivity contribution in [2.24, 2.45) is 0 Å². The van der Waals surface area contributed by atoms with Crippen LogP contribution in [0.4, 0.5) is 5.69 Å². The Labute approximate surface area is 168 Å². The molecule has 2 aromatic carbocycles. The van der Waals surface area contributed by atoms with Crippen molar-refractivity contribution in [1.82, 2.24) is 0 Å². The predicted octanol–water partition coefficient (Wildman–Crippen LogP) is 4.58. The third-order valence-electron chi connectivity index (χ3n) is 3.70. The fraction of sp³-hybridized carbons (Fsp3) is 0.111. The monoisotopic (exact) mass is 451 g/mol. The van der Waals surface area contributed by atoms with E-state index in [1.165, 1.54) is 23.8 Å². The number of carbonyl (C=O) groups is 1. The fourth-order valence-electron chi connectivity index (χ4n) is 2.42. The maximum Gasteiger partial charge on any atom is 0.270 e. The van der Waals surface area contributed by atoms with Crippen molar-refractivity contribution in [2.75, 3.05) is 19.1 Å². The molecule has 8 heteroatoms. The summed E-state index contributed by atoms with van der Waals surface area (Å²) >= 11 is 9.91. The van der Waals surface area contributed by atoms with E-state index in [4.69, 9.17) is 21.7 Å². The van der Waals surface area contributed by atoms with Crippen molar-refractivity contribution in [3.05, 3.63) is 51.3 Å². The molecule has 1 amide bonds. The highest BCUT2D eigenvalue weighted by Crippen LogP contribution is 2.40. The molecule has 0 spiro atoms. The summed E-state index contributed by atoms with van der Waals surface area (Å²) in [5.41, 5.74) is 1.12. The van der Waals surface area contributed by atoms with E-state index in [2.05, 4.69) is 15.9 Å². The van der Waals surface area contributed by atoms with Crippen molar-refractivity contribution >= 4 is 61.9 Å². The Morgan fingerprint density at radius 1 is 1.19 bits per heavy atom. The lowest BCUT2D eigenvalue weighted by molar-refractivity contribution is -0.113. The first-order valence-electron chi connectivity index (χ1n) is 7.43. The molecule has 1 N–H and O–H groups in total. The van der Waals surface area contributed by atoms with Gasteiger partial charge in [0, 0.05) is 10.0 Å². The molecule has 1 fully saturated rings. The lowest BCUT2D eigenvalue weighted by Crippen LogP contribution is -2.27. The first kappa shape index (κ1) is 18.8. The zero-order valence-corrected chi connectivity index (χ0v) is 17.1. The van der Waals surface area contributed by atoms with E-state index < -0.39 is 0 Å². The van der Waals surface area contributed by atoms with Crippen LogP contribution in [0.1, 0.15) is 5.56 Å². The van der Waals surface area contributed by atoms with E-state index in [0.717, 1.165) is 4.47 Å². The molecule has 0 aromatic heterocycles. The molecule has 5 nitrogen and oxygen atoms in total. The van der Waals surface area contributed by atoms with E-state index in [1.54, 1.807) is 49.6 Å². The van der Waals surface area contributed by atoms with Gasteiger partial charge < -0.3 is 14.6 Å². The third-order valence-corrected chi connectivity index (χ3v) is 5.46. The quantitative estimate of drug-likeness (QED) is 0.542. The van der Waals surface area contributed by atoms with Gasteiger partial charge in [-0.05, 0) is 42.5 Å². The van der Waals surface area contributed by atoms with Crippen LogP contribution in [0.5, 0.6) is 17.2 Å². The number of phenols is 1. The topological polar surface area (TPSA) is 59.0 Å². The molecule has 0 aliphatic carbocycles. The van der Waals surface area contributed by atoms with Crippen LogP contribution in [0, 0.1) is 0 Å². The first-order chi connectivity index (χ1) is 12.4. The van der Waals surface area contributed by atoms with E-state index in [0.29, 0.717) is 32.0 Å². The molecule has 1 saturated heterocycles. The Balaban J connectivity index is 1.96. The molecule has 0 bridgehead atoms. The number of nitrogens with zero attached hydrogens (tertiary/aromatic N) is 1. The second-order valence-electron chi connectivity index (χ2n) is 5.26. The number of rotatable bonds is 4. The lowest BCUT2D eigenvalue weighted by Gasteiger charge is -2.14. The van der Waals surface area contributed by atoms with Gasteiger partial charge in [-0.3, -0.25) is 9.69 Å². The molecule has 0 saturated carbocycles. The number of hydrogen-bond acceptors (Lipinski definition) is 6. The molecule has 0 radical (unpaired) electrons. The number of hydrogen-bond donors (Lipinski definition) is 1. The average molecular weight is 452 g/mol. The van der Waals surface area contributed by atoms with Gasteiger partial charge in [-0.2, -0.15) is 0 Å². The molecule has 3 rings (SSSR count). The number of phenolic OH excluding ortho intramolecular Hbond substituents is 1. The molecular formula is C18H14BrNO4S2. The summed E-state index contributed by atoms with van der Waals surface area (Å²) in [5.74, 6) is 0.728. The van der Waals surface area contributed by atoms with Gasteiger partial charge in [0.15, 0.2) is 15.8 Å². The van der Waals surface area contributed by atoms with Crippen LogP contribution < -0.4 is 14.4 Å². The Kier molecular flexibility index (Phi) is 5.55. The number of carbonyl (C=O) groups excluding carboxylic acids is 1. The Hall–Kier alpha value is -2.03. The summed E-state index contributed by atoms with van der Waals surface area (Å²) in [4.78, 5) is 14.7. The molecule has 1 aliphatic rings. The van der Waals surface area contributed by atoms with Crippen molar-refractivity contribution in [3.63, 3.8) is 0 Å². The minimum absolute atomic E-state index is 0.0367. The Morgan fingerprint density at radius 2 is 1.88 bits per heavy atom. The normalized spacial score (nSPS) is 15.7. The van der Waals surface area contributed by atoms with Crippen LogP contribution in [0.15, 0.2) is 45.8 Å². The largest absolute Gasteiger partial charge is 0.504 e. The summed E-state index contributed by atoms with van der Waals surface area (Å²) in [6.07, 6.45) is 1.60. The number of methoxy groups -OCH3 is 2. The predicted molar refractivity (Wildman–Crippen MR) is 111 cm³/mol. The van der Waals surface area contributed by atoms with E-state index in [9.17, 15) is 9.90 Å². The van der Waals surface area contributed by atoms with Crippen LogP contribution >= 0.6 is 39.9 Å². The summed E-state index contributed by atoms with van der Waals surface area (Å²) in [7, 11) is 3.05. The molecule has 2 aromatic rings. The molecule has 26 heavy (non-hydrogen) atoms. The maximum atomic E-state index is 12.8. The molecule has 134 valence electrons. The minimum atomic E-state index is -0.247. The zero-order chi connectivity index (χ0) is 18.8. The van der Waals surface area contributed by atoms with Gasteiger partial charge in [0.25, 0.3) is 5.91 Å². The van der Waals surface area contributed by atoms with E-state index in [1.807, 2.05) is 0 Å². The number of aromatic hydroxyl groups is 1. The van der Waals surface area contributed by atoms with Crippen molar-refractivity contribution in [3.8, 4) is 17.2 Å². The number of thioether (sulfide) groups is 1. The number of anilines is 1. The van der Waals surface area contributed by atoms with Gasteiger partial charge in [-0.1, -0.05) is 39.9 Å². The fourth-order valence-corrected chi connectivity index (χ4v) is 4.17. The van der Waals surface area contributed by atoms with Crippen LogP contribution in [0.25, 0.3) is 6.08 Å². The Bertz CT molecular complexity index is 912. The lowest BCUT2D eigenvalue weighted by atomic mass is 10.1. The summed E-state index contributed by atoms with van der Waals surface area (Å²) < 4.78 is 11.4. The van der Waals surface area contributed by atoms with Gasteiger partial charge in [0.05, 0.1) is 24.8 Å². The van der Waals surface area contributed by atoms with Crippen LogP contribution in [-0.4, -0.2) is 29.6 Å². The number of amides is 1. The SMILES string of the molecule is COc1ccc(N2C(=O)C(=Cc3cc(Br)cc(OC)c3O)SC2=S)cc1. The number of thiocarbonyl (C=S) groups is 1. The first-order valence-corrected chi connectivity index (χ1v) is 9.45. The molecule has 1 aliphatic heterocycles. The molecular weight excluding hydrogens is 438 g/mol. The summed E-state index contributed by atoms with van der Waals surface area (Å²) in [6.45, 7) is 0. The van der Waals surface area contributed by atoms with Gasteiger partial charge in [0.2, 0.25) is 0 Å². The molecule has 0 unspecified atom stereocenters. The average Bonchev–Trinajstić information content (AvgIpc) is 2.91. The minimum Gasteiger partial charge on any atom is -0.504 e. The van der Waals surface area contributed by atoms with Crippen LogP contribution in [0.2, 0.25) is 0 Å². The van der Waals surface area contributed by atoms with Crippen molar-refractivity contribution in [1.29, 1.82) is 0 Å². The highest BCUT2D eigenvalue weighted by molar-refractivity contribution is 9.10. The molecule has 0 atom stereocenters.